The SMILES string of the molecule is Cn1cccc1C(=O)NCc1ccc(Cl)c(Cc2nc3nc(OCC(F)F)c(C(=O)NC4CCC(C(F)(F)F)CC4)cc3[nH]2)c1Cl. The van der Waals surface area contributed by atoms with Gasteiger partial charge in [0, 0.05) is 37.3 Å². The first-order valence-electron chi connectivity index (χ1n) is 14.3. The van der Waals surface area contributed by atoms with E-state index in [0.717, 1.165) is 0 Å². The number of benzene rings is 1. The molecule has 0 aliphatic heterocycles. The van der Waals surface area contributed by atoms with Crippen LogP contribution in [0.5, 0.6) is 5.88 Å². The molecule has 246 valence electrons. The van der Waals surface area contributed by atoms with Crippen molar-refractivity contribution in [3.63, 3.8) is 0 Å². The van der Waals surface area contributed by atoms with Crippen molar-refractivity contribution in [3.8, 4) is 5.88 Å². The van der Waals surface area contributed by atoms with Crippen molar-refractivity contribution in [2.45, 2.75) is 57.3 Å². The summed E-state index contributed by atoms with van der Waals surface area (Å²) in [6.07, 6.45) is -5.34. The minimum atomic E-state index is -4.30. The van der Waals surface area contributed by atoms with E-state index in [2.05, 4.69) is 25.6 Å². The van der Waals surface area contributed by atoms with Gasteiger partial charge in [-0.05, 0) is 61.1 Å². The van der Waals surface area contributed by atoms with Crippen LogP contribution in [0.25, 0.3) is 11.2 Å². The molecule has 0 spiro atoms. The molecule has 0 unspecified atom stereocenters. The first-order chi connectivity index (χ1) is 21.8. The smallest absolute Gasteiger partial charge is 0.391 e. The normalized spacial score (nSPS) is 17.0. The largest absolute Gasteiger partial charge is 0.471 e. The Balaban J connectivity index is 1.35. The number of nitrogens with zero attached hydrogens (tertiary/aromatic N) is 3. The monoisotopic (exact) mass is 686 g/mol. The average Bonchev–Trinajstić information content (AvgIpc) is 3.61. The predicted molar refractivity (Wildman–Crippen MR) is 161 cm³/mol. The van der Waals surface area contributed by atoms with Gasteiger partial charge in [-0.15, -0.1) is 0 Å². The molecule has 0 atom stereocenters. The summed E-state index contributed by atoms with van der Waals surface area (Å²) in [6, 6.07) is 7.56. The Morgan fingerprint density at radius 2 is 1.85 bits per heavy atom. The van der Waals surface area contributed by atoms with Crippen molar-refractivity contribution in [3.05, 3.63) is 74.8 Å². The van der Waals surface area contributed by atoms with E-state index in [9.17, 15) is 31.5 Å². The highest BCUT2D eigenvalue weighted by atomic mass is 35.5. The molecule has 1 saturated carbocycles. The predicted octanol–water partition coefficient (Wildman–Crippen LogP) is 6.62. The van der Waals surface area contributed by atoms with Crippen molar-refractivity contribution < 1.29 is 36.3 Å². The molecule has 4 aromatic rings. The molecule has 5 rings (SSSR count). The number of halogens is 7. The number of imidazole rings is 1. The number of carbonyl (C=O) groups excluding carboxylic acids is 2. The van der Waals surface area contributed by atoms with Crippen LogP contribution in [0.1, 0.15) is 63.5 Å². The summed E-state index contributed by atoms with van der Waals surface area (Å²) in [5.74, 6) is -2.50. The van der Waals surface area contributed by atoms with Crippen LogP contribution in [-0.2, 0) is 20.0 Å². The van der Waals surface area contributed by atoms with Gasteiger partial charge in [-0.2, -0.15) is 18.2 Å². The van der Waals surface area contributed by atoms with Gasteiger partial charge >= 0.3 is 6.18 Å². The molecule has 1 aromatic carbocycles. The molecule has 3 heterocycles. The zero-order valence-corrected chi connectivity index (χ0v) is 25.9. The summed E-state index contributed by atoms with van der Waals surface area (Å²) >= 11 is 13.2. The van der Waals surface area contributed by atoms with Gasteiger partial charge in [-0.3, -0.25) is 9.59 Å². The number of alkyl halides is 5. The van der Waals surface area contributed by atoms with Crippen LogP contribution < -0.4 is 15.4 Å². The lowest BCUT2D eigenvalue weighted by atomic mass is 9.85. The summed E-state index contributed by atoms with van der Waals surface area (Å²) in [4.78, 5) is 37.4. The molecule has 16 heteroatoms. The van der Waals surface area contributed by atoms with E-state index in [0.29, 0.717) is 32.7 Å². The molecule has 0 radical (unpaired) electrons. The zero-order chi connectivity index (χ0) is 33.2. The fourth-order valence-electron chi connectivity index (χ4n) is 5.38. The van der Waals surface area contributed by atoms with Gasteiger partial charge in [-0.25, -0.2) is 13.8 Å². The number of carbonyl (C=O) groups is 2. The molecule has 0 saturated heterocycles. The third kappa shape index (κ3) is 7.72. The maximum atomic E-state index is 13.2. The third-order valence-corrected chi connectivity index (χ3v) is 8.65. The van der Waals surface area contributed by atoms with Crippen molar-refractivity contribution in [1.82, 2.24) is 30.2 Å². The minimum absolute atomic E-state index is 0.0692. The molecule has 3 aromatic heterocycles. The molecular formula is C30H29Cl2F5N6O3. The van der Waals surface area contributed by atoms with E-state index in [1.165, 1.54) is 6.07 Å². The molecule has 1 aliphatic rings. The van der Waals surface area contributed by atoms with Crippen molar-refractivity contribution in [2.75, 3.05) is 6.61 Å². The molecule has 1 fully saturated rings. The number of rotatable bonds is 10. The number of H-pyrrole nitrogens is 1. The topological polar surface area (TPSA) is 114 Å². The Hall–Kier alpha value is -3.91. The number of nitrogens with one attached hydrogen (secondary N) is 3. The van der Waals surface area contributed by atoms with Crippen molar-refractivity contribution >= 4 is 46.2 Å². The van der Waals surface area contributed by atoms with Crippen LogP contribution in [0.2, 0.25) is 10.0 Å². The lowest BCUT2D eigenvalue weighted by Crippen LogP contribution is -2.40. The van der Waals surface area contributed by atoms with E-state index in [1.54, 1.807) is 42.1 Å². The summed E-state index contributed by atoms with van der Waals surface area (Å²) in [7, 11) is 1.75. The van der Waals surface area contributed by atoms with Crippen LogP contribution in [-0.4, -0.2) is 56.6 Å². The molecule has 2 amide bonds. The van der Waals surface area contributed by atoms with Crippen LogP contribution in [0.4, 0.5) is 22.0 Å². The number of fused-ring (bicyclic) bond motifs is 1. The van der Waals surface area contributed by atoms with Gasteiger partial charge in [0.05, 0.1) is 16.5 Å². The quantitative estimate of drug-likeness (QED) is 0.162. The number of aromatic nitrogens is 4. The summed E-state index contributed by atoms with van der Waals surface area (Å²) in [6.45, 7) is -0.915. The highest BCUT2D eigenvalue weighted by Crippen LogP contribution is 2.38. The first kappa shape index (κ1) is 33.5. The molecule has 0 bridgehead atoms. The molecule has 3 N–H and O–H groups in total. The van der Waals surface area contributed by atoms with Gasteiger partial charge < -0.3 is 24.9 Å². The Bertz CT molecular complexity index is 1730. The van der Waals surface area contributed by atoms with Crippen LogP contribution >= 0.6 is 23.2 Å². The van der Waals surface area contributed by atoms with Crippen molar-refractivity contribution in [2.24, 2.45) is 13.0 Å². The van der Waals surface area contributed by atoms with E-state index in [1.807, 2.05) is 0 Å². The number of hydrogen-bond acceptors (Lipinski definition) is 5. The standard InChI is InChI=1S/C30H29Cl2F5N6O3/c1-43-10-2-3-22(43)28(45)38-13-15-4-9-20(31)18(25(15)32)12-24-40-21-11-19(29(42-26(21)41-24)46-14-23(33)34)27(44)39-17-7-5-16(6-8-17)30(35,36)37/h2-4,9-11,16-17,23H,5-8,12-14H2,1H3,(H,38,45)(H,39,44)(H,40,41,42). The van der Waals surface area contributed by atoms with Crippen LogP contribution in [0.3, 0.4) is 0 Å². The van der Waals surface area contributed by atoms with Gasteiger partial charge in [0.2, 0.25) is 5.88 Å². The van der Waals surface area contributed by atoms with E-state index in [-0.39, 0.29) is 67.2 Å². The highest BCUT2D eigenvalue weighted by molar-refractivity contribution is 6.36. The molecular weight excluding hydrogens is 658 g/mol. The number of hydrogen-bond donors (Lipinski definition) is 3. The summed E-state index contributed by atoms with van der Waals surface area (Å²) in [5.41, 5.74) is 1.74. The second-order valence-corrected chi connectivity index (χ2v) is 11.8. The second kappa shape index (κ2) is 13.8. The number of aryl methyl sites for hydroxylation is 1. The number of aromatic amines is 1. The summed E-state index contributed by atoms with van der Waals surface area (Å²) < 4.78 is 72.0. The maximum Gasteiger partial charge on any atom is 0.391 e. The van der Waals surface area contributed by atoms with E-state index in [4.69, 9.17) is 27.9 Å². The fourth-order valence-corrected chi connectivity index (χ4v) is 5.95. The van der Waals surface area contributed by atoms with Gasteiger partial charge in [-0.1, -0.05) is 29.3 Å². The lowest BCUT2D eigenvalue weighted by molar-refractivity contribution is -0.182. The van der Waals surface area contributed by atoms with Crippen molar-refractivity contribution in [1.29, 1.82) is 0 Å². The highest BCUT2D eigenvalue weighted by Gasteiger charge is 2.41. The zero-order valence-electron chi connectivity index (χ0n) is 24.4. The number of amides is 2. The maximum absolute atomic E-state index is 13.2. The van der Waals surface area contributed by atoms with Crippen LogP contribution in [0, 0.1) is 5.92 Å². The second-order valence-electron chi connectivity index (χ2n) is 11.0. The third-order valence-electron chi connectivity index (χ3n) is 7.83. The molecule has 9 nitrogen and oxygen atoms in total. The fraction of sp³-hybridized carbons (Fsp3) is 0.400. The number of ether oxygens (including phenoxy) is 1. The molecule has 46 heavy (non-hydrogen) atoms. The lowest BCUT2D eigenvalue weighted by Gasteiger charge is -2.30. The first-order valence-corrected chi connectivity index (χ1v) is 15.1. The summed E-state index contributed by atoms with van der Waals surface area (Å²) in [5, 5.41) is 6.14. The average molecular weight is 687 g/mol. The Labute approximate surface area is 269 Å². The van der Waals surface area contributed by atoms with E-state index < -0.39 is 37.1 Å². The Morgan fingerprint density at radius 1 is 1.11 bits per heavy atom. The Kier molecular flexibility index (Phi) is 10.1. The van der Waals surface area contributed by atoms with Gasteiger partial charge in [0.25, 0.3) is 18.2 Å². The molecule has 1 aliphatic carbocycles. The van der Waals surface area contributed by atoms with E-state index >= 15 is 0 Å². The minimum Gasteiger partial charge on any atom is -0.471 e. The number of pyridine rings is 1. The van der Waals surface area contributed by atoms with Crippen LogP contribution in [0.15, 0.2) is 36.5 Å². The Morgan fingerprint density at radius 3 is 2.50 bits per heavy atom. The van der Waals surface area contributed by atoms with Gasteiger partial charge in [0.15, 0.2) is 12.3 Å². The van der Waals surface area contributed by atoms with Gasteiger partial charge in [0.1, 0.15) is 17.1 Å².